The number of methoxy groups -OCH3 is 1. The first-order valence-electron chi connectivity index (χ1n) is 6.65. The van der Waals surface area contributed by atoms with Gasteiger partial charge in [0.05, 0.1) is 7.11 Å². The van der Waals surface area contributed by atoms with Crippen molar-refractivity contribution in [2.75, 3.05) is 7.11 Å². The van der Waals surface area contributed by atoms with Gasteiger partial charge < -0.3 is 15.2 Å². The quantitative estimate of drug-likeness (QED) is 0.905. The van der Waals surface area contributed by atoms with Crippen molar-refractivity contribution < 1.29 is 9.47 Å². The Morgan fingerprint density at radius 2 is 1.70 bits per heavy atom. The summed E-state index contributed by atoms with van der Waals surface area (Å²) in [6, 6.07) is 15.9. The molecule has 3 nitrogen and oxygen atoms in total. The van der Waals surface area contributed by atoms with Gasteiger partial charge in [0.25, 0.3) is 0 Å². The molecule has 20 heavy (non-hydrogen) atoms. The maximum Gasteiger partial charge on any atom is 0.161 e. The minimum atomic E-state index is -0.398. The Labute approximate surface area is 120 Å². The summed E-state index contributed by atoms with van der Waals surface area (Å²) in [4.78, 5) is 0. The van der Waals surface area contributed by atoms with E-state index in [9.17, 15) is 0 Å². The topological polar surface area (TPSA) is 44.5 Å². The molecule has 0 spiro atoms. The molecular formula is C17H21NO2. The Bertz CT molecular complexity index is 559. The highest BCUT2D eigenvalue weighted by molar-refractivity contribution is 5.44. The Kier molecular flexibility index (Phi) is 4.30. The highest BCUT2D eigenvalue weighted by atomic mass is 16.5. The van der Waals surface area contributed by atoms with Crippen molar-refractivity contribution in [1.29, 1.82) is 0 Å². The van der Waals surface area contributed by atoms with Crippen LogP contribution in [0.25, 0.3) is 0 Å². The first kappa shape index (κ1) is 14.4. The molecule has 2 aromatic carbocycles. The fourth-order valence-electron chi connectivity index (χ4n) is 1.92. The van der Waals surface area contributed by atoms with Gasteiger partial charge in [-0.15, -0.1) is 0 Å². The average Bonchev–Trinajstić information content (AvgIpc) is 2.45. The van der Waals surface area contributed by atoms with E-state index < -0.39 is 5.54 Å². The van der Waals surface area contributed by atoms with Crippen LogP contribution >= 0.6 is 0 Å². The van der Waals surface area contributed by atoms with Crippen molar-refractivity contribution in [2.24, 2.45) is 5.73 Å². The van der Waals surface area contributed by atoms with Crippen molar-refractivity contribution in [3.05, 3.63) is 59.7 Å². The molecule has 2 aromatic rings. The van der Waals surface area contributed by atoms with Crippen LogP contribution in [0.1, 0.15) is 25.0 Å². The van der Waals surface area contributed by atoms with E-state index in [0.29, 0.717) is 12.4 Å². The summed E-state index contributed by atoms with van der Waals surface area (Å²) in [5, 5.41) is 0. The van der Waals surface area contributed by atoms with Gasteiger partial charge in [-0.1, -0.05) is 36.4 Å². The molecule has 0 bridgehead atoms. The van der Waals surface area contributed by atoms with E-state index in [4.69, 9.17) is 15.2 Å². The highest BCUT2D eigenvalue weighted by Gasteiger charge is 2.16. The number of benzene rings is 2. The molecule has 106 valence electrons. The predicted octanol–water partition coefficient (Wildman–Crippen LogP) is 3.47. The molecule has 0 atom stereocenters. The van der Waals surface area contributed by atoms with Crippen molar-refractivity contribution in [3.8, 4) is 11.5 Å². The van der Waals surface area contributed by atoms with Crippen LogP contribution in [0, 0.1) is 0 Å². The summed E-state index contributed by atoms with van der Waals surface area (Å²) < 4.78 is 11.2. The van der Waals surface area contributed by atoms with Crippen LogP contribution in [0.5, 0.6) is 11.5 Å². The Morgan fingerprint density at radius 3 is 2.30 bits per heavy atom. The Morgan fingerprint density at radius 1 is 1.00 bits per heavy atom. The summed E-state index contributed by atoms with van der Waals surface area (Å²) in [5.74, 6) is 1.43. The standard InChI is InChI=1S/C17H21NO2/c1-17(2,18)14-9-10-15(16(11-14)19-3)20-12-13-7-5-4-6-8-13/h4-11H,12,18H2,1-3H3. The van der Waals surface area contributed by atoms with Crippen molar-refractivity contribution in [3.63, 3.8) is 0 Å². The lowest BCUT2D eigenvalue weighted by Crippen LogP contribution is -2.28. The number of nitrogens with two attached hydrogens (primary N) is 1. The van der Waals surface area contributed by atoms with Gasteiger partial charge in [-0.25, -0.2) is 0 Å². The molecule has 2 rings (SSSR count). The van der Waals surface area contributed by atoms with E-state index >= 15 is 0 Å². The maximum atomic E-state index is 6.10. The molecule has 3 heteroatoms. The van der Waals surface area contributed by atoms with E-state index in [1.54, 1.807) is 7.11 Å². The van der Waals surface area contributed by atoms with E-state index in [2.05, 4.69) is 0 Å². The number of hydrogen-bond acceptors (Lipinski definition) is 3. The van der Waals surface area contributed by atoms with Gasteiger partial charge in [0.15, 0.2) is 11.5 Å². The lowest BCUT2D eigenvalue weighted by Gasteiger charge is -2.21. The third-order valence-corrected chi connectivity index (χ3v) is 3.14. The zero-order chi connectivity index (χ0) is 14.6. The normalized spacial score (nSPS) is 11.2. The largest absolute Gasteiger partial charge is 0.493 e. The molecular weight excluding hydrogens is 250 g/mol. The third kappa shape index (κ3) is 3.52. The summed E-state index contributed by atoms with van der Waals surface area (Å²) >= 11 is 0. The molecule has 0 aliphatic carbocycles. The predicted molar refractivity (Wildman–Crippen MR) is 81.0 cm³/mol. The monoisotopic (exact) mass is 271 g/mol. The van der Waals surface area contributed by atoms with Crippen LogP contribution in [-0.2, 0) is 12.1 Å². The van der Waals surface area contributed by atoms with Crippen LogP contribution in [0.3, 0.4) is 0 Å². The van der Waals surface area contributed by atoms with Crippen LogP contribution in [0.15, 0.2) is 48.5 Å². The van der Waals surface area contributed by atoms with Crippen LogP contribution < -0.4 is 15.2 Å². The molecule has 2 N–H and O–H groups in total. The molecule has 0 saturated carbocycles. The lowest BCUT2D eigenvalue weighted by atomic mass is 9.95. The maximum absolute atomic E-state index is 6.10. The van der Waals surface area contributed by atoms with E-state index in [1.165, 1.54) is 0 Å². The van der Waals surface area contributed by atoms with Gasteiger partial charge in [0.2, 0.25) is 0 Å². The van der Waals surface area contributed by atoms with Gasteiger partial charge >= 0.3 is 0 Å². The average molecular weight is 271 g/mol. The van der Waals surface area contributed by atoms with E-state index in [0.717, 1.165) is 16.9 Å². The fraction of sp³-hybridized carbons (Fsp3) is 0.294. The number of ether oxygens (including phenoxy) is 2. The van der Waals surface area contributed by atoms with Crippen molar-refractivity contribution >= 4 is 0 Å². The zero-order valence-corrected chi connectivity index (χ0v) is 12.2. The molecule has 0 unspecified atom stereocenters. The minimum absolute atomic E-state index is 0.398. The molecule has 0 amide bonds. The summed E-state index contributed by atoms with van der Waals surface area (Å²) in [7, 11) is 1.64. The second-order valence-corrected chi connectivity index (χ2v) is 5.36. The summed E-state index contributed by atoms with van der Waals surface area (Å²) in [6.07, 6.45) is 0. The summed E-state index contributed by atoms with van der Waals surface area (Å²) in [6.45, 7) is 4.45. The molecule has 0 saturated heterocycles. The Balaban J connectivity index is 2.16. The smallest absolute Gasteiger partial charge is 0.161 e. The first-order chi connectivity index (χ1) is 9.50. The second-order valence-electron chi connectivity index (χ2n) is 5.36. The van der Waals surface area contributed by atoms with Crippen molar-refractivity contribution in [2.45, 2.75) is 26.0 Å². The van der Waals surface area contributed by atoms with Gasteiger partial charge in [-0.3, -0.25) is 0 Å². The zero-order valence-electron chi connectivity index (χ0n) is 12.2. The second kappa shape index (κ2) is 5.97. The fourth-order valence-corrected chi connectivity index (χ4v) is 1.92. The van der Waals surface area contributed by atoms with Gasteiger partial charge in [0.1, 0.15) is 6.61 Å². The van der Waals surface area contributed by atoms with Crippen molar-refractivity contribution in [1.82, 2.24) is 0 Å². The number of rotatable bonds is 5. The van der Waals surface area contributed by atoms with Crippen LogP contribution in [0.2, 0.25) is 0 Å². The highest BCUT2D eigenvalue weighted by Crippen LogP contribution is 2.31. The summed E-state index contributed by atoms with van der Waals surface area (Å²) in [5.41, 5.74) is 7.84. The SMILES string of the molecule is COc1cc(C(C)(C)N)ccc1OCc1ccccc1. The molecule has 0 fully saturated rings. The van der Waals surface area contributed by atoms with Gasteiger partial charge in [-0.05, 0) is 37.1 Å². The number of hydrogen-bond donors (Lipinski definition) is 1. The Hall–Kier alpha value is -2.00. The van der Waals surface area contributed by atoms with E-state index in [-0.39, 0.29) is 0 Å². The molecule has 0 radical (unpaired) electrons. The minimum Gasteiger partial charge on any atom is -0.493 e. The third-order valence-electron chi connectivity index (χ3n) is 3.14. The van der Waals surface area contributed by atoms with Crippen LogP contribution in [0.4, 0.5) is 0 Å². The van der Waals surface area contributed by atoms with Gasteiger partial charge in [-0.2, -0.15) is 0 Å². The molecule has 0 aliphatic rings. The molecule has 0 heterocycles. The molecule has 0 aliphatic heterocycles. The van der Waals surface area contributed by atoms with Gasteiger partial charge in [0, 0.05) is 5.54 Å². The molecule has 0 aromatic heterocycles. The van der Waals surface area contributed by atoms with Crippen LogP contribution in [-0.4, -0.2) is 7.11 Å². The first-order valence-corrected chi connectivity index (χ1v) is 6.65. The lowest BCUT2D eigenvalue weighted by molar-refractivity contribution is 0.284. The van der Waals surface area contributed by atoms with E-state index in [1.807, 2.05) is 62.4 Å².